The number of hydrogen-bond donors (Lipinski definition) is 1. The lowest BCUT2D eigenvalue weighted by molar-refractivity contribution is -0.134. The molecular weight excluding hydrogens is 420 g/mol. The molecule has 0 spiro atoms. The molecule has 0 saturated carbocycles. The second-order valence-electron chi connectivity index (χ2n) is 7.70. The molecule has 2 rings (SSSR count). The van der Waals surface area contributed by atoms with Crippen LogP contribution in [-0.2, 0) is 21.5 Å². The van der Waals surface area contributed by atoms with Crippen molar-refractivity contribution in [1.29, 1.82) is 0 Å². The minimum Gasteiger partial charge on any atom is -0.483 e. The lowest BCUT2D eigenvalue weighted by Crippen LogP contribution is -2.37. The third-order valence-electron chi connectivity index (χ3n) is 4.30. The Balaban J connectivity index is 2.12. The van der Waals surface area contributed by atoms with Gasteiger partial charge in [0.2, 0.25) is 5.91 Å². The molecule has 6 heteroatoms. The smallest absolute Gasteiger partial charge is 0.260 e. The van der Waals surface area contributed by atoms with Gasteiger partial charge in [-0.05, 0) is 29.2 Å². The molecule has 0 aromatic heterocycles. The number of primary amides is 1. The molecule has 0 unspecified atom stereocenters. The standard InChI is InChI=1S/C22H27BrN2O3/c1-22(2,3)18-13-17(23)9-10-19(18)28-15-21(27)25(12-11-20(24)26)14-16-7-5-4-6-8-16/h4-10,13H,11-12,14-15H2,1-3H3,(H2,24,26). The van der Waals surface area contributed by atoms with Crippen LogP contribution in [0, 0.1) is 0 Å². The molecule has 5 nitrogen and oxygen atoms in total. The molecule has 0 heterocycles. The highest BCUT2D eigenvalue weighted by Gasteiger charge is 2.21. The van der Waals surface area contributed by atoms with Crippen LogP contribution in [0.15, 0.2) is 53.0 Å². The van der Waals surface area contributed by atoms with E-state index in [9.17, 15) is 9.59 Å². The van der Waals surface area contributed by atoms with Crippen molar-refractivity contribution in [3.63, 3.8) is 0 Å². The Kier molecular flexibility index (Phi) is 7.63. The Morgan fingerprint density at radius 3 is 2.39 bits per heavy atom. The summed E-state index contributed by atoms with van der Waals surface area (Å²) in [6.07, 6.45) is 0.115. The monoisotopic (exact) mass is 446 g/mol. The molecule has 0 aliphatic heterocycles. The molecule has 2 aromatic carbocycles. The fraction of sp³-hybridized carbons (Fsp3) is 0.364. The molecule has 0 bridgehead atoms. The first-order chi connectivity index (χ1) is 13.2. The maximum Gasteiger partial charge on any atom is 0.260 e. The van der Waals surface area contributed by atoms with Gasteiger partial charge in [0, 0.05) is 29.5 Å². The molecule has 0 aliphatic rings. The topological polar surface area (TPSA) is 72.6 Å². The fourth-order valence-corrected chi connectivity index (χ4v) is 3.15. The maximum absolute atomic E-state index is 12.8. The van der Waals surface area contributed by atoms with Crippen molar-refractivity contribution in [2.75, 3.05) is 13.2 Å². The molecule has 0 saturated heterocycles. The van der Waals surface area contributed by atoms with Gasteiger partial charge in [-0.2, -0.15) is 0 Å². The van der Waals surface area contributed by atoms with Crippen LogP contribution in [0.1, 0.15) is 38.3 Å². The molecular formula is C22H27BrN2O3. The van der Waals surface area contributed by atoms with Crippen molar-refractivity contribution in [1.82, 2.24) is 4.90 Å². The summed E-state index contributed by atoms with van der Waals surface area (Å²) in [5, 5.41) is 0. The van der Waals surface area contributed by atoms with Gasteiger partial charge in [0.15, 0.2) is 6.61 Å². The quantitative estimate of drug-likeness (QED) is 0.664. The Hall–Kier alpha value is -2.34. The van der Waals surface area contributed by atoms with E-state index in [4.69, 9.17) is 10.5 Å². The highest BCUT2D eigenvalue weighted by Crippen LogP contribution is 2.33. The maximum atomic E-state index is 12.8. The lowest BCUT2D eigenvalue weighted by Gasteiger charge is -2.25. The number of nitrogens with two attached hydrogens (primary N) is 1. The molecule has 28 heavy (non-hydrogen) atoms. The highest BCUT2D eigenvalue weighted by molar-refractivity contribution is 9.10. The lowest BCUT2D eigenvalue weighted by atomic mass is 9.86. The van der Waals surface area contributed by atoms with E-state index in [1.807, 2.05) is 48.5 Å². The summed E-state index contributed by atoms with van der Waals surface area (Å²) in [5.74, 6) is 0.0567. The second-order valence-corrected chi connectivity index (χ2v) is 8.61. The van der Waals surface area contributed by atoms with Crippen molar-refractivity contribution in [2.24, 2.45) is 5.73 Å². The molecule has 150 valence electrons. The number of carbonyl (C=O) groups excluding carboxylic acids is 2. The Bertz CT molecular complexity index is 816. The highest BCUT2D eigenvalue weighted by atomic mass is 79.9. The number of benzene rings is 2. The Labute approximate surface area is 175 Å². The summed E-state index contributed by atoms with van der Waals surface area (Å²) in [6, 6.07) is 15.4. The van der Waals surface area contributed by atoms with Gasteiger partial charge >= 0.3 is 0 Å². The van der Waals surface area contributed by atoms with Crippen LogP contribution >= 0.6 is 15.9 Å². The van der Waals surface area contributed by atoms with Crippen molar-refractivity contribution in [2.45, 2.75) is 39.2 Å². The van der Waals surface area contributed by atoms with Crippen molar-refractivity contribution in [3.05, 3.63) is 64.1 Å². The Morgan fingerprint density at radius 1 is 1.11 bits per heavy atom. The zero-order chi connectivity index (χ0) is 20.7. The van der Waals surface area contributed by atoms with Crippen LogP contribution in [-0.4, -0.2) is 29.9 Å². The summed E-state index contributed by atoms with van der Waals surface area (Å²) < 4.78 is 6.84. The van der Waals surface area contributed by atoms with Gasteiger partial charge in [-0.15, -0.1) is 0 Å². The number of halogens is 1. The largest absolute Gasteiger partial charge is 0.483 e. The third kappa shape index (κ3) is 6.68. The number of nitrogens with zero attached hydrogens (tertiary/aromatic N) is 1. The Morgan fingerprint density at radius 2 is 1.79 bits per heavy atom. The number of carbonyl (C=O) groups is 2. The first kappa shape index (κ1) is 22.0. The number of hydrogen-bond acceptors (Lipinski definition) is 3. The predicted molar refractivity (Wildman–Crippen MR) is 114 cm³/mol. The van der Waals surface area contributed by atoms with Gasteiger partial charge in [0.25, 0.3) is 5.91 Å². The van der Waals surface area contributed by atoms with Crippen LogP contribution in [0.25, 0.3) is 0 Å². The first-order valence-electron chi connectivity index (χ1n) is 9.19. The van der Waals surface area contributed by atoms with E-state index in [0.29, 0.717) is 12.3 Å². The zero-order valence-corrected chi connectivity index (χ0v) is 18.2. The summed E-state index contributed by atoms with van der Waals surface area (Å²) in [7, 11) is 0. The molecule has 2 N–H and O–H groups in total. The predicted octanol–water partition coefficient (Wildman–Crippen LogP) is 4.03. The van der Waals surface area contributed by atoms with E-state index in [1.165, 1.54) is 0 Å². The van der Waals surface area contributed by atoms with E-state index in [2.05, 4.69) is 36.7 Å². The van der Waals surface area contributed by atoms with E-state index in [1.54, 1.807) is 4.90 Å². The van der Waals surface area contributed by atoms with Crippen LogP contribution < -0.4 is 10.5 Å². The van der Waals surface area contributed by atoms with Gasteiger partial charge in [-0.1, -0.05) is 67.0 Å². The normalized spacial score (nSPS) is 11.1. The van der Waals surface area contributed by atoms with Crippen molar-refractivity contribution >= 4 is 27.7 Å². The summed E-state index contributed by atoms with van der Waals surface area (Å²) in [6.45, 7) is 6.85. The van der Waals surface area contributed by atoms with Crippen molar-refractivity contribution < 1.29 is 14.3 Å². The van der Waals surface area contributed by atoms with E-state index in [0.717, 1.165) is 15.6 Å². The minimum absolute atomic E-state index is 0.101. The minimum atomic E-state index is -0.435. The third-order valence-corrected chi connectivity index (χ3v) is 4.79. The zero-order valence-electron chi connectivity index (χ0n) is 16.6. The average molecular weight is 447 g/mol. The molecule has 0 aliphatic carbocycles. The van der Waals surface area contributed by atoms with Crippen molar-refractivity contribution in [3.8, 4) is 5.75 Å². The van der Waals surface area contributed by atoms with Gasteiger partial charge in [0.1, 0.15) is 5.75 Å². The summed E-state index contributed by atoms with van der Waals surface area (Å²) in [5.41, 5.74) is 7.14. The molecule has 2 aromatic rings. The average Bonchev–Trinajstić information content (AvgIpc) is 2.63. The SMILES string of the molecule is CC(C)(C)c1cc(Br)ccc1OCC(=O)N(CCC(N)=O)Cc1ccccc1. The van der Waals surface area contributed by atoms with Crippen LogP contribution in [0.2, 0.25) is 0 Å². The van der Waals surface area contributed by atoms with Gasteiger partial charge in [-0.25, -0.2) is 0 Å². The number of ether oxygens (including phenoxy) is 1. The molecule has 2 amide bonds. The number of amides is 2. The van der Waals surface area contributed by atoms with Gasteiger partial charge in [-0.3, -0.25) is 9.59 Å². The van der Waals surface area contributed by atoms with E-state index < -0.39 is 5.91 Å². The van der Waals surface area contributed by atoms with E-state index in [-0.39, 0.29) is 30.9 Å². The van der Waals surface area contributed by atoms with Gasteiger partial charge in [0.05, 0.1) is 0 Å². The summed E-state index contributed by atoms with van der Waals surface area (Å²) >= 11 is 3.49. The first-order valence-corrected chi connectivity index (χ1v) is 9.99. The summed E-state index contributed by atoms with van der Waals surface area (Å²) in [4.78, 5) is 25.6. The van der Waals surface area contributed by atoms with Crippen LogP contribution in [0.5, 0.6) is 5.75 Å². The molecule has 0 radical (unpaired) electrons. The number of rotatable bonds is 8. The molecule has 0 atom stereocenters. The van der Waals surface area contributed by atoms with Crippen LogP contribution in [0.3, 0.4) is 0 Å². The second kappa shape index (κ2) is 9.73. The van der Waals surface area contributed by atoms with Gasteiger partial charge < -0.3 is 15.4 Å². The molecule has 0 fully saturated rings. The van der Waals surface area contributed by atoms with Crippen LogP contribution in [0.4, 0.5) is 0 Å². The van der Waals surface area contributed by atoms with E-state index >= 15 is 0 Å². The fourth-order valence-electron chi connectivity index (χ4n) is 2.79.